The first kappa shape index (κ1) is 20.3. The van der Waals surface area contributed by atoms with Gasteiger partial charge in [-0.3, -0.25) is 4.79 Å². The summed E-state index contributed by atoms with van der Waals surface area (Å²) >= 11 is 0. The van der Waals surface area contributed by atoms with Gasteiger partial charge in [0, 0.05) is 32.2 Å². The third-order valence-electron chi connectivity index (χ3n) is 5.08. The lowest BCUT2D eigenvalue weighted by molar-refractivity contribution is -0.120. The molecule has 0 aromatic heterocycles. The molecule has 154 valence electrons. The minimum atomic E-state index is -0.270. The number of carbonyl (C=O) groups excluding carboxylic acids is 2. The van der Waals surface area contributed by atoms with Crippen LogP contribution in [0.1, 0.15) is 19.8 Å². The number of likely N-dealkylation sites (tertiary alicyclic amines) is 1. The normalized spacial score (nSPS) is 17.9. The molecule has 8 heteroatoms. The van der Waals surface area contributed by atoms with Crippen molar-refractivity contribution in [2.45, 2.75) is 25.8 Å². The van der Waals surface area contributed by atoms with Crippen molar-refractivity contribution in [3.05, 3.63) is 24.3 Å². The molecule has 0 saturated carbocycles. The monoisotopic (exact) mass is 390 g/mol. The van der Waals surface area contributed by atoms with Crippen LogP contribution in [0.4, 0.5) is 16.2 Å². The van der Waals surface area contributed by atoms with Gasteiger partial charge in [-0.15, -0.1) is 0 Å². The van der Waals surface area contributed by atoms with E-state index in [1.54, 1.807) is 11.8 Å². The fourth-order valence-corrected chi connectivity index (χ4v) is 3.58. The van der Waals surface area contributed by atoms with Crippen LogP contribution in [0.25, 0.3) is 0 Å². The van der Waals surface area contributed by atoms with Crippen LogP contribution in [-0.2, 0) is 14.3 Å². The van der Waals surface area contributed by atoms with Crippen molar-refractivity contribution < 1.29 is 19.1 Å². The van der Waals surface area contributed by atoms with E-state index in [9.17, 15) is 9.59 Å². The predicted octanol–water partition coefficient (Wildman–Crippen LogP) is 1.67. The number of morpholine rings is 1. The first-order valence-corrected chi connectivity index (χ1v) is 10.0. The number of para-hydroxylation sites is 2. The molecule has 2 aliphatic rings. The lowest BCUT2D eigenvalue weighted by Crippen LogP contribution is -2.47. The van der Waals surface area contributed by atoms with E-state index in [0.29, 0.717) is 19.7 Å². The van der Waals surface area contributed by atoms with Crippen molar-refractivity contribution in [3.63, 3.8) is 0 Å². The summed E-state index contributed by atoms with van der Waals surface area (Å²) in [5.74, 6) is -0.0358. The van der Waals surface area contributed by atoms with Crippen molar-refractivity contribution in [3.8, 4) is 0 Å². The average molecular weight is 390 g/mol. The fourth-order valence-electron chi connectivity index (χ4n) is 3.58. The van der Waals surface area contributed by atoms with E-state index in [1.807, 2.05) is 18.2 Å². The van der Waals surface area contributed by atoms with Gasteiger partial charge in [-0.1, -0.05) is 12.1 Å². The van der Waals surface area contributed by atoms with Gasteiger partial charge < -0.3 is 29.9 Å². The van der Waals surface area contributed by atoms with Crippen molar-refractivity contribution in [2.75, 3.05) is 62.8 Å². The maximum Gasteiger partial charge on any atom is 0.409 e. The van der Waals surface area contributed by atoms with E-state index in [4.69, 9.17) is 9.47 Å². The maximum absolute atomic E-state index is 12.4. The zero-order chi connectivity index (χ0) is 19.8. The highest BCUT2D eigenvalue weighted by atomic mass is 16.6. The Labute approximate surface area is 166 Å². The molecule has 2 N–H and O–H groups in total. The molecule has 2 saturated heterocycles. The number of piperidine rings is 1. The van der Waals surface area contributed by atoms with Crippen LogP contribution in [0, 0.1) is 0 Å². The summed E-state index contributed by atoms with van der Waals surface area (Å²) in [4.78, 5) is 28.1. The van der Waals surface area contributed by atoms with Gasteiger partial charge >= 0.3 is 6.09 Å². The third kappa shape index (κ3) is 5.51. The smallest absolute Gasteiger partial charge is 0.409 e. The average Bonchev–Trinajstić information content (AvgIpc) is 2.74. The SMILES string of the molecule is CCOC(=O)N1CCC(NC(=O)CNc2ccccc2N2CCOCC2)CC1. The number of hydrogen-bond donors (Lipinski definition) is 2. The minimum Gasteiger partial charge on any atom is -0.450 e. The summed E-state index contributed by atoms with van der Waals surface area (Å²) in [7, 11) is 0. The first-order chi connectivity index (χ1) is 13.7. The van der Waals surface area contributed by atoms with Gasteiger partial charge in [0.05, 0.1) is 37.7 Å². The molecule has 0 bridgehead atoms. The summed E-state index contributed by atoms with van der Waals surface area (Å²) in [5.41, 5.74) is 2.05. The van der Waals surface area contributed by atoms with E-state index in [2.05, 4.69) is 21.6 Å². The van der Waals surface area contributed by atoms with Crippen molar-refractivity contribution >= 4 is 23.4 Å². The number of amides is 2. The standard InChI is InChI=1S/C20H30N4O4/c1-2-28-20(26)24-9-7-16(8-10-24)22-19(25)15-21-17-5-3-4-6-18(17)23-11-13-27-14-12-23/h3-6,16,21H,2,7-15H2,1H3,(H,22,25). The molecule has 28 heavy (non-hydrogen) atoms. The number of carbonyl (C=O) groups is 2. The van der Waals surface area contributed by atoms with Crippen molar-refractivity contribution in [1.29, 1.82) is 0 Å². The van der Waals surface area contributed by atoms with E-state index in [0.717, 1.165) is 50.5 Å². The molecule has 0 unspecified atom stereocenters. The summed E-state index contributed by atoms with van der Waals surface area (Å²) in [6.07, 6.45) is 1.22. The Balaban J connectivity index is 1.45. The summed E-state index contributed by atoms with van der Waals surface area (Å²) in [6.45, 7) is 6.77. The molecule has 8 nitrogen and oxygen atoms in total. The molecule has 1 aromatic rings. The Kier molecular flexibility index (Phi) is 7.36. The van der Waals surface area contributed by atoms with Crippen LogP contribution < -0.4 is 15.5 Å². The molecule has 2 amide bonds. The second-order valence-corrected chi connectivity index (χ2v) is 7.00. The molecule has 0 radical (unpaired) electrons. The van der Waals surface area contributed by atoms with E-state index in [-0.39, 0.29) is 24.6 Å². The lowest BCUT2D eigenvalue weighted by atomic mass is 10.1. The summed E-state index contributed by atoms with van der Waals surface area (Å²) in [6, 6.07) is 8.13. The largest absolute Gasteiger partial charge is 0.450 e. The van der Waals surface area contributed by atoms with Gasteiger partial charge in [0.1, 0.15) is 0 Å². The fraction of sp³-hybridized carbons (Fsp3) is 0.600. The zero-order valence-corrected chi connectivity index (χ0v) is 16.5. The molecule has 0 atom stereocenters. The maximum atomic E-state index is 12.4. The van der Waals surface area contributed by atoms with E-state index >= 15 is 0 Å². The molecule has 0 aliphatic carbocycles. The number of benzene rings is 1. The summed E-state index contributed by atoms with van der Waals surface area (Å²) < 4.78 is 10.4. The molecule has 0 spiro atoms. The van der Waals surface area contributed by atoms with Crippen LogP contribution in [0.3, 0.4) is 0 Å². The Bertz CT molecular complexity index is 655. The number of nitrogens with zero attached hydrogens (tertiary/aromatic N) is 2. The lowest BCUT2D eigenvalue weighted by Gasteiger charge is -2.32. The number of anilines is 2. The highest BCUT2D eigenvalue weighted by Gasteiger charge is 2.24. The van der Waals surface area contributed by atoms with E-state index < -0.39 is 0 Å². The number of ether oxygens (including phenoxy) is 2. The van der Waals surface area contributed by atoms with Gasteiger partial charge in [-0.05, 0) is 31.9 Å². The Hall–Kier alpha value is -2.48. The Morgan fingerprint density at radius 2 is 1.86 bits per heavy atom. The highest BCUT2D eigenvalue weighted by Crippen LogP contribution is 2.26. The topological polar surface area (TPSA) is 83.1 Å². The Morgan fingerprint density at radius 3 is 2.57 bits per heavy atom. The number of rotatable bonds is 6. The molecule has 2 heterocycles. The second-order valence-electron chi connectivity index (χ2n) is 7.00. The van der Waals surface area contributed by atoms with Gasteiger partial charge in [-0.25, -0.2) is 4.79 Å². The molecule has 2 aliphatic heterocycles. The highest BCUT2D eigenvalue weighted by molar-refractivity contribution is 5.83. The quantitative estimate of drug-likeness (QED) is 0.769. The van der Waals surface area contributed by atoms with Gasteiger partial charge in [0.15, 0.2) is 0 Å². The molecule has 1 aromatic carbocycles. The molecule has 3 rings (SSSR count). The number of hydrogen-bond acceptors (Lipinski definition) is 6. The first-order valence-electron chi connectivity index (χ1n) is 10.0. The van der Waals surface area contributed by atoms with Gasteiger partial charge in [-0.2, -0.15) is 0 Å². The van der Waals surface area contributed by atoms with Crippen LogP contribution in [-0.4, -0.2) is 75.5 Å². The third-order valence-corrected chi connectivity index (χ3v) is 5.08. The molecular weight excluding hydrogens is 360 g/mol. The van der Waals surface area contributed by atoms with Gasteiger partial charge in [0.25, 0.3) is 0 Å². The predicted molar refractivity (Wildman–Crippen MR) is 108 cm³/mol. The Morgan fingerprint density at radius 1 is 1.14 bits per heavy atom. The number of nitrogens with one attached hydrogen (secondary N) is 2. The molecule has 2 fully saturated rings. The van der Waals surface area contributed by atoms with Crippen LogP contribution >= 0.6 is 0 Å². The second kappa shape index (κ2) is 10.2. The van der Waals surface area contributed by atoms with E-state index in [1.165, 1.54) is 0 Å². The summed E-state index contributed by atoms with van der Waals surface area (Å²) in [5, 5.41) is 6.33. The van der Waals surface area contributed by atoms with Crippen LogP contribution in [0.15, 0.2) is 24.3 Å². The zero-order valence-electron chi connectivity index (χ0n) is 16.5. The van der Waals surface area contributed by atoms with Crippen molar-refractivity contribution in [1.82, 2.24) is 10.2 Å². The minimum absolute atomic E-state index is 0.0358. The molecular formula is C20H30N4O4. The van der Waals surface area contributed by atoms with Gasteiger partial charge in [0.2, 0.25) is 5.91 Å². The van der Waals surface area contributed by atoms with Crippen LogP contribution in [0.5, 0.6) is 0 Å². The van der Waals surface area contributed by atoms with Crippen molar-refractivity contribution in [2.24, 2.45) is 0 Å². The van der Waals surface area contributed by atoms with Crippen LogP contribution in [0.2, 0.25) is 0 Å².